The normalized spacial score (nSPS) is 9.96. The van der Waals surface area contributed by atoms with Gasteiger partial charge in [0.05, 0.1) is 19.8 Å². The number of benzene rings is 2. The van der Waals surface area contributed by atoms with Crippen molar-refractivity contribution in [1.29, 1.82) is 0 Å². The molecule has 0 bridgehead atoms. The van der Waals surface area contributed by atoms with E-state index in [-0.39, 0.29) is 23.7 Å². The maximum absolute atomic E-state index is 12.9. The first-order valence-corrected chi connectivity index (χ1v) is 8.03. The zero-order valence-corrected chi connectivity index (χ0v) is 15.2. The first-order chi connectivity index (χ1) is 13.4. The van der Waals surface area contributed by atoms with Gasteiger partial charge in [-0.1, -0.05) is 0 Å². The SMILES string of the molecule is COC(=O)COC(=O)c1ccc(OCC(=O)Nc2ccc(F)cc2)c(OC)c1. The number of esters is 2. The molecule has 0 aliphatic rings. The van der Waals surface area contributed by atoms with Crippen LogP contribution < -0.4 is 14.8 Å². The first kappa shape index (κ1) is 20.7. The third-order valence-corrected chi connectivity index (χ3v) is 3.43. The molecule has 0 aromatic heterocycles. The Morgan fingerprint density at radius 3 is 2.32 bits per heavy atom. The Morgan fingerprint density at radius 1 is 0.964 bits per heavy atom. The van der Waals surface area contributed by atoms with Crippen LogP contribution in [0.4, 0.5) is 10.1 Å². The minimum Gasteiger partial charge on any atom is -0.493 e. The van der Waals surface area contributed by atoms with Gasteiger partial charge in [-0.3, -0.25) is 4.79 Å². The molecular weight excluding hydrogens is 373 g/mol. The molecule has 0 spiro atoms. The molecule has 28 heavy (non-hydrogen) atoms. The van der Waals surface area contributed by atoms with Gasteiger partial charge in [0.2, 0.25) is 0 Å². The number of nitrogens with one attached hydrogen (secondary N) is 1. The standard InChI is InChI=1S/C19H18FNO7/c1-25-16-9-12(19(24)28-11-18(23)26-2)3-8-15(16)27-10-17(22)21-14-6-4-13(20)5-7-14/h3-9H,10-11H2,1-2H3,(H,21,22). The smallest absolute Gasteiger partial charge is 0.344 e. The molecule has 8 nitrogen and oxygen atoms in total. The number of rotatable bonds is 8. The molecule has 1 amide bonds. The van der Waals surface area contributed by atoms with E-state index in [4.69, 9.17) is 14.2 Å². The van der Waals surface area contributed by atoms with E-state index in [1.165, 1.54) is 56.7 Å². The Morgan fingerprint density at radius 2 is 1.68 bits per heavy atom. The molecule has 0 radical (unpaired) electrons. The molecule has 0 aliphatic carbocycles. The van der Waals surface area contributed by atoms with Crippen molar-refractivity contribution in [3.63, 3.8) is 0 Å². The highest BCUT2D eigenvalue weighted by Gasteiger charge is 2.15. The van der Waals surface area contributed by atoms with E-state index in [9.17, 15) is 18.8 Å². The molecule has 0 aliphatic heterocycles. The van der Waals surface area contributed by atoms with E-state index in [2.05, 4.69) is 10.1 Å². The zero-order valence-electron chi connectivity index (χ0n) is 15.2. The summed E-state index contributed by atoms with van der Waals surface area (Å²) in [6.45, 7) is -0.848. The Labute approximate surface area is 160 Å². The van der Waals surface area contributed by atoms with Crippen LogP contribution in [0.15, 0.2) is 42.5 Å². The van der Waals surface area contributed by atoms with Crippen LogP contribution in [0.25, 0.3) is 0 Å². The lowest BCUT2D eigenvalue weighted by atomic mass is 10.2. The number of ether oxygens (including phenoxy) is 4. The van der Waals surface area contributed by atoms with Crippen LogP contribution in [0, 0.1) is 5.82 Å². The number of carbonyl (C=O) groups excluding carboxylic acids is 3. The Kier molecular flexibility index (Phi) is 7.32. The van der Waals surface area contributed by atoms with Gasteiger partial charge >= 0.3 is 11.9 Å². The maximum Gasteiger partial charge on any atom is 0.344 e. The third kappa shape index (κ3) is 5.97. The third-order valence-electron chi connectivity index (χ3n) is 3.43. The molecule has 2 aromatic carbocycles. The lowest BCUT2D eigenvalue weighted by Gasteiger charge is -2.12. The fraction of sp³-hybridized carbons (Fsp3) is 0.211. The summed E-state index contributed by atoms with van der Waals surface area (Å²) in [7, 11) is 2.54. The van der Waals surface area contributed by atoms with E-state index in [0.717, 1.165) is 0 Å². The van der Waals surface area contributed by atoms with Gasteiger partial charge in [0.15, 0.2) is 24.7 Å². The number of carbonyl (C=O) groups is 3. The summed E-state index contributed by atoms with van der Waals surface area (Å²) in [4.78, 5) is 34.9. The summed E-state index contributed by atoms with van der Waals surface area (Å²) < 4.78 is 32.6. The molecule has 1 N–H and O–H groups in total. The number of methoxy groups -OCH3 is 2. The van der Waals surface area contributed by atoms with Crippen molar-refractivity contribution in [3.8, 4) is 11.5 Å². The predicted molar refractivity (Wildman–Crippen MR) is 95.8 cm³/mol. The van der Waals surface area contributed by atoms with E-state index < -0.39 is 30.3 Å². The molecule has 9 heteroatoms. The van der Waals surface area contributed by atoms with Crippen molar-refractivity contribution in [1.82, 2.24) is 0 Å². The van der Waals surface area contributed by atoms with Crippen LogP contribution in [0.5, 0.6) is 11.5 Å². The average Bonchev–Trinajstić information content (AvgIpc) is 2.71. The van der Waals surface area contributed by atoms with Crippen LogP contribution in [-0.4, -0.2) is 45.3 Å². The molecule has 0 fully saturated rings. The van der Waals surface area contributed by atoms with Crippen LogP contribution >= 0.6 is 0 Å². The van der Waals surface area contributed by atoms with Crippen LogP contribution in [-0.2, 0) is 19.1 Å². The molecule has 0 atom stereocenters. The average molecular weight is 391 g/mol. The summed E-state index contributed by atoms with van der Waals surface area (Å²) in [6.07, 6.45) is 0. The highest BCUT2D eigenvalue weighted by atomic mass is 19.1. The summed E-state index contributed by atoms with van der Waals surface area (Å²) in [5, 5.41) is 2.55. The molecule has 148 valence electrons. The maximum atomic E-state index is 12.9. The van der Waals surface area contributed by atoms with Gasteiger partial charge in [-0.2, -0.15) is 0 Å². The van der Waals surface area contributed by atoms with Crippen molar-refractivity contribution in [3.05, 3.63) is 53.8 Å². The largest absolute Gasteiger partial charge is 0.493 e. The van der Waals surface area contributed by atoms with Gasteiger partial charge in [-0.05, 0) is 42.5 Å². The minimum atomic E-state index is -0.746. The van der Waals surface area contributed by atoms with Gasteiger partial charge in [0.25, 0.3) is 5.91 Å². The second kappa shape index (κ2) is 9.91. The first-order valence-electron chi connectivity index (χ1n) is 8.03. The van der Waals surface area contributed by atoms with E-state index in [1.54, 1.807) is 0 Å². The number of halogens is 1. The van der Waals surface area contributed by atoms with Gasteiger partial charge in [-0.15, -0.1) is 0 Å². The Bertz CT molecular complexity index is 852. The summed E-state index contributed by atoms with van der Waals surface area (Å²) in [5.74, 6) is -1.89. The monoisotopic (exact) mass is 391 g/mol. The molecule has 0 heterocycles. The van der Waals surface area contributed by atoms with Gasteiger partial charge in [0.1, 0.15) is 5.82 Å². The summed E-state index contributed by atoms with van der Waals surface area (Å²) in [5.41, 5.74) is 0.550. The van der Waals surface area contributed by atoms with E-state index in [1.807, 2.05) is 0 Å². The lowest BCUT2D eigenvalue weighted by molar-refractivity contribution is -0.144. The van der Waals surface area contributed by atoms with Crippen molar-refractivity contribution >= 4 is 23.5 Å². The summed E-state index contributed by atoms with van der Waals surface area (Å²) >= 11 is 0. The second-order valence-corrected chi connectivity index (χ2v) is 5.36. The van der Waals surface area contributed by atoms with Crippen molar-refractivity contribution < 1.29 is 37.7 Å². The van der Waals surface area contributed by atoms with E-state index in [0.29, 0.717) is 5.69 Å². The Hall–Kier alpha value is -3.62. The van der Waals surface area contributed by atoms with Gasteiger partial charge in [0, 0.05) is 5.69 Å². The quantitative estimate of drug-likeness (QED) is 0.689. The highest BCUT2D eigenvalue weighted by molar-refractivity contribution is 5.92. The number of anilines is 1. The second-order valence-electron chi connectivity index (χ2n) is 5.36. The number of amides is 1. The Balaban J connectivity index is 1.95. The number of hydrogen-bond acceptors (Lipinski definition) is 7. The molecule has 0 unspecified atom stereocenters. The fourth-order valence-electron chi connectivity index (χ4n) is 2.05. The minimum absolute atomic E-state index is 0.129. The van der Waals surface area contributed by atoms with Crippen molar-refractivity contribution in [2.45, 2.75) is 0 Å². The number of hydrogen-bond donors (Lipinski definition) is 1. The fourth-order valence-corrected chi connectivity index (χ4v) is 2.05. The lowest BCUT2D eigenvalue weighted by Crippen LogP contribution is -2.20. The van der Waals surface area contributed by atoms with E-state index >= 15 is 0 Å². The topological polar surface area (TPSA) is 100 Å². The molecule has 0 saturated heterocycles. The predicted octanol–water partition coefficient (Wildman–Crippen LogP) is 2.18. The van der Waals surface area contributed by atoms with Crippen molar-refractivity contribution in [2.75, 3.05) is 32.8 Å². The molecule has 2 rings (SSSR count). The van der Waals surface area contributed by atoms with Gasteiger partial charge in [-0.25, -0.2) is 14.0 Å². The molecule has 0 saturated carbocycles. The zero-order chi connectivity index (χ0) is 20.5. The van der Waals surface area contributed by atoms with Crippen LogP contribution in [0.3, 0.4) is 0 Å². The molecular formula is C19H18FNO7. The van der Waals surface area contributed by atoms with Gasteiger partial charge < -0.3 is 24.3 Å². The highest BCUT2D eigenvalue weighted by Crippen LogP contribution is 2.28. The van der Waals surface area contributed by atoms with Crippen LogP contribution in [0.1, 0.15) is 10.4 Å². The summed E-state index contributed by atoms with van der Waals surface area (Å²) in [6, 6.07) is 9.46. The van der Waals surface area contributed by atoms with Crippen molar-refractivity contribution in [2.24, 2.45) is 0 Å². The molecule has 2 aromatic rings. The van der Waals surface area contributed by atoms with Crippen LogP contribution in [0.2, 0.25) is 0 Å².